The van der Waals surface area contributed by atoms with Gasteiger partial charge in [0, 0.05) is 50.2 Å². The fourth-order valence-electron chi connectivity index (χ4n) is 3.77. The van der Waals surface area contributed by atoms with E-state index in [1.54, 1.807) is 0 Å². The van der Waals surface area contributed by atoms with E-state index in [2.05, 4.69) is 34.1 Å². The van der Waals surface area contributed by atoms with E-state index in [0.717, 1.165) is 55.0 Å². The second kappa shape index (κ2) is 7.34. The molecule has 134 valence electrons. The molecule has 0 spiro atoms. The van der Waals surface area contributed by atoms with Gasteiger partial charge in [0.1, 0.15) is 11.3 Å². The molecule has 3 aromatic rings. The quantitative estimate of drug-likeness (QED) is 0.650. The summed E-state index contributed by atoms with van der Waals surface area (Å²) in [5, 5.41) is 0.934. The number of rotatable bonds is 5. The van der Waals surface area contributed by atoms with Crippen LogP contribution in [0.4, 0.5) is 5.69 Å². The second-order valence-corrected chi connectivity index (χ2v) is 6.87. The number of aryl methyl sites for hydroxylation is 1. The van der Waals surface area contributed by atoms with Crippen molar-refractivity contribution in [2.24, 2.45) is 0 Å². The molecule has 2 aromatic carbocycles. The van der Waals surface area contributed by atoms with Crippen molar-refractivity contribution in [1.82, 2.24) is 4.90 Å². The van der Waals surface area contributed by atoms with Gasteiger partial charge < -0.3 is 9.32 Å². The van der Waals surface area contributed by atoms with Crippen LogP contribution < -0.4 is 4.90 Å². The minimum absolute atomic E-state index is 0.179. The topological polar surface area (TPSA) is 36.7 Å². The third kappa shape index (κ3) is 3.37. The predicted octanol–water partition coefficient (Wildman–Crippen LogP) is 4.14. The van der Waals surface area contributed by atoms with Gasteiger partial charge in [-0.25, -0.2) is 0 Å². The SMILES string of the molecule is Cc1oc2ccccc2c1C(=O)CCN1CCN(c2ccccc2)CC1. The van der Waals surface area contributed by atoms with Crippen LogP contribution in [-0.2, 0) is 0 Å². The molecule has 2 heterocycles. The lowest BCUT2D eigenvalue weighted by molar-refractivity contribution is 0.0962. The van der Waals surface area contributed by atoms with Crippen LogP contribution in [0.5, 0.6) is 0 Å². The maximum Gasteiger partial charge on any atom is 0.168 e. The van der Waals surface area contributed by atoms with Gasteiger partial charge in [-0.05, 0) is 25.1 Å². The summed E-state index contributed by atoms with van der Waals surface area (Å²) < 4.78 is 5.73. The molecule has 0 bridgehead atoms. The number of furan rings is 1. The van der Waals surface area contributed by atoms with Gasteiger partial charge in [0.15, 0.2) is 5.78 Å². The van der Waals surface area contributed by atoms with Crippen molar-refractivity contribution in [3.05, 3.63) is 65.9 Å². The molecule has 0 radical (unpaired) electrons. The van der Waals surface area contributed by atoms with E-state index in [0.29, 0.717) is 6.42 Å². The highest BCUT2D eigenvalue weighted by Gasteiger charge is 2.21. The highest BCUT2D eigenvalue weighted by molar-refractivity contribution is 6.08. The molecule has 26 heavy (non-hydrogen) atoms. The molecule has 0 amide bonds. The van der Waals surface area contributed by atoms with Gasteiger partial charge >= 0.3 is 0 Å². The zero-order chi connectivity index (χ0) is 17.9. The summed E-state index contributed by atoms with van der Waals surface area (Å²) in [6, 6.07) is 18.3. The van der Waals surface area contributed by atoms with E-state index in [4.69, 9.17) is 4.42 Å². The average Bonchev–Trinajstić information content (AvgIpc) is 3.03. The molecular weight excluding hydrogens is 324 g/mol. The van der Waals surface area contributed by atoms with E-state index < -0.39 is 0 Å². The molecular formula is C22H24N2O2. The standard InChI is InChI=1S/C22H24N2O2/c1-17-22(19-9-5-6-10-21(19)26-17)20(25)11-12-23-13-15-24(16-14-23)18-7-3-2-4-8-18/h2-10H,11-16H2,1H3. The van der Waals surface area contributed by atoms with Crippen molar-refractivity contribution in [3.63, 3.8) is 0 Å². The van der Waals surface area contributed by atoms with Crippen molar-refractivity contribution in [2.45, 2.75) is 13.3 Å². The number of fused-ring (bicyclic) bond motifs is 1. The Labute approximate surface area is 154 Å². The molecule has 4 rings (SSSR count). The van der Waals surface area contributed by atoms with Crippen molar-refractivity contribution < 1.29 is 9.21 Å². The van der Waals surface area contributed by atoms with Crippen LogP contribution in [0.15, 0.2) is 59.0 Å². The molecule has 1 aliphatic rings. The first kappa shape index (κ1) is 16.9. The smallest absolute Gasteiger partial charge is 0.168 e. The van der Waals surface area contributed by atoms with Crippen molar-refractivity contribution in [3.8, 4) is 0 Å². The summed E-state index contributed by atoms with van der Waals surface area (Å²) in [4.78, 5) is 17.6. The lowest BCUT2D eigenvalue weighted by Crippen LogP contribution is -2.46. The number of para-hydroxylation sites is 2. The fraction of sp³-hybridized carbons (Fsp3) is 0.318. The van der Waals surface area contributed by atoms with E-state index in [9.17, 15) is 4.79 Å². The third-order valence-electron chi connectivity index (χ3n) is 5.20. The average molecular weight is 348 g/mol. The fourth-order valence-corrected chi connectivity index (χ4v) is 3.77. The maximum absolute atomic E-state index is 12.8. The largest absolute Gasteiger partial charge is 0.461 e. The number of carbonyl (C=O) groups is 1. The van der Waals surface area contributed by atoms with Crippen LogP contribution in [-0.4, -0.2) is 43.4 Å². The van der Waals surface area contributed by atoms with Gasteiger partial charge in [-0.1, -0.05) is 36.4 Å². The van der Waals surface area contributed by atoms with E-state index in [1.165, 1.54) is 5.69 Å². The number of piperazine rings is 1. The van der Waals surface area contributed by atoms with Crippen LogP contribution >= 0.6 is 0 Å². The summed E-state index contributed by atoms with van der Waals surface area (Å²) in [7, 11) is 0. The Bertz CT molecular complexity index is 893. The Balaban J connectivity index is 1.35. The highest BCUT2D eigenvalue weighted by Crippen LogP contribution is 2.26. The van der Waals surface area contributed by atoms with Crippen LogP contribution in [0, 0.1) is 6.92 Å². The van der Waals surface area contributed by atoms with Gasteiger partial charge in [0.05, 0.1) is 5.56 Å². The first-order valence-electron chi connectivity index (χ1n) is 9.26. The molecule has 1 aliphatic heterocycles. The number of hydrogen-bond acceptors (Lipinski definition) is 4. The Morgan fingerprint density at radius 1 is 0.962 bits per heavy atom. The zero-order valence-corrected chi connectivity index (χ0v) is 15.1. The summed E-state index contributed by atoms with van der Waals surface area (Å²) >= 11 is 0. The molecule has 1 fully saturated rings. The van der Waals surface area contributed by atoms with E-state index in [-0.39, 0.29) is 5.78 Å². The van der Waals surface area contributed by atoms with E-state index >= 15 is 0 Å². The molecule has 0 atom stereocenters. The van der Waals surface area contributed by atoms with Crippen LogP contribution in [0.1, 0.15) is 22.5 Å². The molecule has 0 N–H and O–H groups in total. The number of benzene rings is 2. The number of nitrogens with zero attached hydrogens (tertiary/aromatic N) is 2. The minimum atomic E-state index is 0.179. The summed E-state index contributed by atoms with van der Waals surface area (Å²) in [6.07, 6.45) is 0.537. The minimum Gasteiger partial charge on any atom is -0.461 e. The second-order valence-electron chi connectivity index (χ2n) is 6.87. The molecule has 4 nitrogen and oxygen atoms in total. The van der Waals surface area contributed by atoms with Crippen molar-refractivity contribution in [1.29, 1.82) is 0 Å². The Kier molecular flexibility index (Phi) is 4.76. The highest BCUT2D eigenvalue weighted by atomic mass is 16.3. The molecule has 0 saturated carbocycles. The first-order valence-corrected chi connectivity index (χ1v) is 9.26. The van der Waals surface area contributed by atoms with Gasteiger partial charge in [-0.15, -0.1) is 0 Å². The Hall–Kier alpha value is -2.59. The monoisotopic (exact) mass is 348 g/mol. The Morgan fingerprint density at radius 2 is 1.65 bits per heavy atom. The van der Waals surface area contributed by atoms with Gasteiger partial charge in [-0.3, -0.25) is 9.69 Å². The molecule has 1 aromatic heterocycles. The number of ketones is 1. The maximum atomic E-state index is 12.8. The lowest BCUT2D eigenvalue weighted by atomic mass is 10.0. The van der Waals surface area contributed by atoms with E-state index in [1.807, 2.05) is 37.3 Å². The number of anilines is 1. The molecule has 4 heteroatoms. The Morgan fingerprint density at radius 3 is 2.42 bits per heavy atom. The zero-order valence-electron chi connectivity index (χ0n) is 15.1. The van der Waals surface area contributed by atoms with Crippen LogP contribution in [0.25, 0.3) is 11.0 Å². The normalized spacial score (nSPS) is 15.5. The summed E-state index contributed by atoms with van der Waals surface area (Å²) in [5.74, 6) is 0.906. The number of Topliss-reactive ketones (excluding diaryl/α,β-unsaturated/α-hetero) is 1. The van der Waals surface area contributed by atoms with Crippen LogP contribution in [0.2, 0.25) is 0 Å². The van der Waals surface area contributed by atoms with Crippen molar-refractivity contribution >= 4 is 22.4 Å². The molecule has 0 unspecified atom stereocenters. The molecule has 1 saturated heterocycles. The number of hydrogen-bond donors (Lipinski definition) is 0. The van der Waals surface area contributed by atoms with Gasteiger partial charge in [0.25, 0.3) is 0 Å². The molecule has 0 aliphatic carbocycles. The van der Waals surface area contributed by atoms with Crippen LogP contribution in [0.3, 0.4) is 0 Å². The predicted molar refractivity (Wildman–Crippen MR) is 105 cm³/mol. The third-order valence-corrected chi connectivity index (χ3v) is 5.20. The van der Waals surface area contributed by atoms with Gasteiger partial charge in [0.2, 0.25) is 0 Å². The number of carbonyl (C=O) groups excluding carboxylic acids is 1. The summed E-state index contributed by atoms with van der Waals surface area (Å²) in [5.41, 5.74) is 2.83. The van der Waals surface area contributed by atoms with Crippen molar-refractivity contribution in [2.75, 3.05) is 37.6 Å². The lowest BCUT2D eigenvalue weighted by Gasteiger charge is -2.36. The first-order chi connectivity index (χ1) is 12.7. The van der Waals surface area contributed by atoms with Gasteiger partial charge in [-0.2, -0.15) is 0 Å². The summed E-state index contributed by atoms with van der Waals surface area (Å²) in [6.45, 7) is 6.69.